The normalized spacial score (nSPS) is 10.7. The molecule has 8 nitrogen and oxygen atoms in total. The highest BCUT2D eigenvalue weighted by Crippen LogP contribution is 2.15. The van der Waals surface area contributed by atoms with Crippen LogP contribution >= 0.6 is 0 Å². The zero-order chi connectivity index (χ0) is 20.0. The molecular formula is C18H18N2O6S. The van der Waals surface area contributed by atoms with E-state index in [4.69, 9.17) is 4.74 Å². The van der Waals surface area contributed by atoms with Crippen molar-refractivity contribution < 1.29 is 27.5 Å². The lowest BCUT2D eigenvalue weighted by Crippen LogP contribution is -2.21. The molecule has 27 heavy (non-hydrogen) atoms. The third-order valence-corrected chi connectivity index (χ3v) is 4.45. The van der Waals surface area contributed by atoms with Gasteiger partial charge in [-0.15, -0.1) is 0 Å². The van der Waals surface area contributed by atoms with Gasteiger partial charge in [-0.2, -0.15) is 0 Å². The molecule has 2 rings (SSSR count). The molecule has 0 fully saturated rings. The number of hydrogen-bond acceptors (Lipinski definition) is 6. The highest BCUT2D eigenvalue weighted by atomic mass is 32.2. The van der Waals surface area contributed by atoms with Gasteiger partial charge >= 0.3 is 5.97 Å². The van der Waals surface area contributed by atoms with E-state index < -0.39 is 28.3 Å². The second-order valence-corrected chi connectivity index (χ2v) is 7.70. The minimum atomic E-state index is -3.36. The van der Waals surface area contributed by atoms with Gasteiger partial charge in [-0.3, -0.25) is 9.59 Å². The predicted octanol–water partition coefficient (Wildman–Crippen LogP) is 1.84. The van der Waals surface area contributed by atoms with Crippen LogP contribution < -0.4 is 10.6 Å². The lowest BCUT2D eigenvalue weighted by Gasteiger charge is -2.09. The number of sulfone groups is 1. The summed E-state index contributed by atoms with van der Waals surface area (Å²) in [5, 5.41) is 5.13. The Balaban J connectivity index is 1.91. The Labute approximate surface area is 156 Å². The fourth-order valence-corrected chi connectivity index (χ4v) is 2.76. The van der Waals surface area contributed by atoms with Crippen LogP contribution in [0.3, 0.4) is 0 Å². The summed E-state index contributed by atoms with van der Waals surface area (Å²) >= 11 is 0. The quantitative estimate of drug-likeness (QED) is 0.727. The molecule has 0 heterocycles. The van der Waals surface area contributed by atoms with E-state index in [2.05, 4.69) is 10.6 Å². The van der Waals surface area contributed by atoms with Crippen molar-refractivity contribution in [3.05, 3.63) is 54.1 Å². The number of hydrogen-bond donors (Lipinski definition) is 2. The van der Waals surface area contributed by atoms with Crippen LogP contribution in [0.5, 0.6) is 0 Å². The Bertz CT molecular complexity index is 968. The molecule has 0 saturated carbocycles. The molecule has 0 aliphatic carbocycles. The summed E-state index contributed by atoms with van der Waals surface area (Å²) < 4.78 is 27.7. The average molecular weight is 390 g/mol. The molecule has 9 heteroatoms. The van der Waals surface area contributed by atoms with Crippen molar-refractivity contribution in [2.75, 3.05) is 23.5 Å². The maximum Gasteiger partial charge on any atom is 0.338 e. The van der Waals surface area contributed by atoms with Crippen molar-refractivity contribution in [3.8, 4) is 0 Å². The number of amides is 2. The lowest BCUT2D eigenvalue weighted by atomic mass is 10.2. The van der Waals surface area contributed by atoms with Crippen LogP contribution in [0.15, 0.2) is 53.4 Å². The van der Waals surface area contributed by atoms with Gasteiger partial charge in [0.05, 0.1) is 10.5 Å². The number of carbonyl (C=O) groups is 3. The maximum absolute atomic E-state index is 11.9. The molecule has 2 N–H and O–H groups in total. The predicted molar refractivity (Wildman–Crippen MR) is 99.2 cm³/mol. The summed E-state index contributed by atoms with van der Waals surface area (Å²) in [6.45, 7) is 0.851. The molecule has 2 aromatic rings. The van der Waals surface area contributed by atoms with Gasteiger partial charge in [-0.05, 0) is 42.5 Å². The first-order valence-electron chi connectivity index (χ1n) is 7.80. The second-order valence-electron chi connectivity index (χ2n) is 5.68. The van der Waals surface area contributed by atoms with Crippen LogP contribution in [0.2, 0.25) is 0 Å². The summed E-state index contributed by atoms with van der Waals surface area (Å²) in [5.74, 6) is -1.55. The van der Waals surface area contributed by atoms with E-state index in [9.17, 15) is 22.8 Å². The van der Waals surface area contributed by atoms with Crippen LogP contribution in [0.1, 0.15) is 17.3 Å². The summed E-state index contributed by atoms with van der Waals surface area (Å²) in [5.41, 5.74) is 1.07. The zero-order valence-electron chi connectivity index (χ0n) is 14.7. The highest BCUT2D eigenvalue weighted by molar-refractivity contribution is 7.90. The van der Waals surface area contributed by atoms with Crippen LogP contribution in [0.25, 0.3) is 0 Å². The van der Waals surface area contributed by atoms with E-state index in [0.29, 0.717) is 11.4 Å². The van der Waals surface area contributed by atoms with Gasteiger partial charge in [-0.25, -0.2) is 13.2 Å². The van der Waals surface area contributed by atoms with E-state index in [0.717, 1.165) is 6.26 Å². The number of nitrogens with one attached hydrogen (secondary N) is 2. The molecule has 0 bridgehead atoms. The molecule has 2 amide bonds. The Morgan fingerprint density at radius 1 is 0.963 bits per heavy atom. The molecule has 0 unspecified atom stereocenters. The molecule has 0 radical (unpaired) electrons. The first-order valence-corrected chi connectivity index (χ1v) is 9.69. The average Bonchev–Trinajstić information content (AvgIpc) is 2.59. The largest absolute Gasteiger partial charge is 0.452 e. The van der Waals surface area contributed by atoms with Gasteiger partial charge in [0.25, 0.3) is 5.91 Å². The number of esters is 1. The first-order chi connectivity index (χ1) is 12.6. The van der Waals surface area contributed by atoms with Gasteiger partial charge in [-0.1, -0.05) is 6.07 Å². The molecule has 0 aliphatic heterocycles. The number of benzene rings is 2. The fraction of sp³-hybridized carbons (Fsp3) is 0.167. The van der Waals surface area contributed by atoms with Gasteiger partial charge in [0.2, 0.25) is 5.91 Å². The molecule has 2 aromatic carbocycles. The van der Waals surface area contributed by atoms with Gasteiger partial charge < -0.3 is 15.4 Å². The van der Waals surface area contributed by atoms with Crippen molar-refractivity contribution in [2.24, 2.45) is 0 Å². The Kier molecular flexibility index (Phi) is 6.30. The van der Waals surface area contributed by atoms with Crippen molar-refractivity contribution in [1.29, 1.82) is 0 Å². The SMILES string of the molecule is CC(=O)Nc1cccc(NC(=O)COC(=O)c2ccc(S(C)(=O)=O)cc2)c1. The van der Waals surface area contributed by atoms with Crippen LogP contribution in [0.4, 0.5) is 11.4 Å². The summed E-state index contributed by atoms with van der Waals surface area (Å²) in [6.07, 6.45) is 1.06. The van der Waals surface area contributed by atoms with Crippen LogP contribution in [-0.2, 0) is 24.2 Å². The maximum atomic E-state index is 11.9. The van der Waals surface area contributed by atoms with Crippen molar-refractivity contribution in [2.45, 2.75) is 11.8 Å². The van der Waals surface area contributed by atoms with E-state index in [1.54, 1.807) is 24.3 Å². The van der Waals surface area contributed by atoms with Gasteiger partial charge in [0, 0.05) is 24.6 Å². The summed E-state index contributed by atoms with van der Waals surface area (Å²) in [7, 11) is -3.36. The number of anilines is 2. The molecule has 0 atom stereocenters. The van der Waals surface area contributed by atoms with E-state index in [1.165, 1.54) is 31.2 Å². The zero-order valence-corrected chi connectivity index (χ0v) is 15.5. The highest BCUT2D eigenvalue weighted by Gasteiger charge is 2.13. The summed E-state index contributed by atoms with van der Waals surface area (Å²) in [6, 6.07) is 11.7. The Morgan fingerprint density at radius 3 is 2.11 bits per heavy atom. The second kappa shape index (κ2) is 8.45. The Morgan fingerprint density at radius 2 is 1.56 bits per heavy atom. The van der Waals surface area contributed by atoms with Gasteiger partial charge in [0.15, 0.2) is 16.4 Å². The van der Waals surface area contributed by atoms with E-state index in [1.807, 2.05) is 0 Å². The summed E-state index contributed by atoms with van der Waals surface area (Å²) in [4.78, 5) is 35.0. The van der Waals surface area contributed by atoms with Crippen molar-refractivity contribution >= 4 is 39.0 Å². The Hall–Kier alpha value is -3.20. The fourth-order valence-electron chi connectivity index (χ4n) is 2.13. The minimum absolute atomic E-state index is 0.0795. The minimum Gasteiger partial charge on any atom is -0.452 e. The number of ether oxygens (including phenoxy) is 1. The smallest absolute Gasteiger partial charge is 0.338 e. The number of rotatable bonds is 6. The topological polar surface area (TPSA) is 119 Å². The third-order valence-electron chi connectivity index (χ3n) is 3.32. The number of carbonyl (C=O) groups excluding carboxylic acids is 3. The molecule has 142 valence electrons. The van der Waals surface area contributed by atoms with Gasteiger partial charge in [0.1, 0.15) is 0 Å². The van der Waals surface area contributed by atoms with E-state index in [-0.39, 0.29) is 16.4 Å². The molecule has 0 saturated heterocycles. The van der Waals surface area contributed by atoms with E-state index >= 15 is 0 Å². The monoisotopic (exact) mass is 390 g/mol. The third kappa shape index (κ3) is 6.23. The molecular weight excluding hydrogens is 372 g/mol. The lowest BCUT2D eigenvalue weighted by molar-refractivity contribution is -0.119. The van der Waals surface area contributed by atoms with Crippen LogP contribution in [0, 0.1) is 0 Å². The molecule has 0 spiro atoms. The van der Waals surface area contributed by atoms with Crippen molar-refractivity contribution in [1.82, 2.24) is 0 Å². The van der Waals surface area contributed by atoms with Crippen LogP contribution in [-0.4, -0.2) is 39.1 Å². The molecule has 0 aromatic heterocycles. The van der Waals surface area contributed by atoms with Crippen molar-refractivity contribution in [3.63, 3.8) is 0 Å². The first kappa shape index (κ1) is 20.1. The molecule has 0 aliphatic rings. The standard InChI is InChI=1S/C18H18N2O6S/c1-12(21)19-14-4-3-5-15(10-14)20-17(22)11-26-18(23)13-6-8-16(9-7-13)27(2,24)25/h3-10H,11H2,1-2H3,(H,19,21)(H,20,22).